The van der Waals surface area contributed by atoms with E-state index in [0.717, 1.165) is 5.75 Å². The molecule has 0 aromatic heterocycles. The van der Waals surface area contributed by atoms with Crippen molar-refractivity contribution in [3.05, 3.63) is 18.2 Å². The molecule has 0 atom stereocenters. The van der Waals surface area contributed by atoms with E-state index in [1.807, 2.05) is 0 Å². The van der Waals surface area contributed by atoms with E-state index >= 15 is 0 Å². The smallest absolute Gasteiger partial charge is 0.240 e. The summed E-state index contributed by atoms with van der Waals surface area (Å²) < 4.78 is 26.2. The van der Waals surface area contributed by atoms with Gasteiger partial charge in [-0.15, -0.1) is 0 Å². The zero-order chi connectivity index (χ0) is 14.3. The van der Waals surface area contributed by atoms with Crippen molar-refractivity contribution in [3.8, 4) is 5.75 Å². The largest absolute Gasteiger partial charge is 0.506 e. The van der Waals surface area contributed by atoms with E-state index in [4.69, 9.17) is 10.8 Å². The highest BCUT2D eigenvalue weighted by Gasteiger charge is 2.14. The number of aromatic hydroxyl groups is 1. The fraction of sp³-hybridized carbons (Fsp3) is 0.455. The lowest BCUT2D eigenvalue weighted by Gasteiger charge is -2.08. The minimum absolute atomic E-state index is 0.0280. The molecule has 1 rings (SSSR count). The molecular weight excluding hydrogens is 288 g/mol. The maximum atomic E-state index is 11.9. The summed E-state index contributed by atoms with van der Waals surface area (Å²) in [6, 6.07) is 3.77. The molecular formula is C11H18N2O4S2. The molecule has 1 aromatic rings. The van der Waals surface area contributed by atoms with Crippen LogP contribution in [0.25, 0.3) is 0 Å². The summed E-state index contributed by atoms with van der Waals surface area (Å²) in [5, 5.41) is 17.8. The highest BCUT2D eigenvalue weighted by Crippen LogP contribution is 2.22. The summed E-state index contributed by atoms with van der Waals surface area (Å²) in [6.45, 7) is 0.449. The van der Waals surface area contributed by atoms with Crippen LogP contribution in [0.2, 0.25) is 0 Å². The molecule has 19 heavy (non-hydrogen) atoms. The highest BCUT2D eigenvalue weighted by atomic mass is 32.2. The Balaban J connectivity index is 2.49. The average molecular weight is 306 g/mol. The van der Waals surface area contributed by atoms with Crippen molar-refractivity contribution in [1.29, 1.82) is 0 Å². The quantitative estimate of drug-likeness (QED) is 0.313. The number of aliphatic hydroxyl groups excluding tert-OH is 1. The van der Waals surface area contributed by atoms with Gasteiger partial charge in [0.25, 0.3) is 0 Å². The van der Waals surface area contributed by atoms with E-state index in [9.17, 15) is 13.5 Å². The van der Waals surface area contributed by atoms with Gasteiger partial charge in [0.15, 0.2) is 0 Å². The van der Waals surface area contributed by atoms with Gasteiger partial charge in [0.1, 0.15) is 5.75 Å². The number of nitrogen functional groups attached to an aromatic ring is 1. The van der Waals surface area contributed by atoms with E-state index in [2.05, 4.69) is 4.72 Å². The number of hydrogen-bond acceptors (Lipinski definition) is 6. The predicted molar refractivity (Wildman–Crippen MR) is 76.7 cm³/mol. The molecule has 0 heterocycles. The SMILES string of the molecule is Nc1cc(S(=O)(=O)NCCSCCCO)ccc1O. The summed E-state index contributed by atoms with van der Waals surface area (Å²) in [4.78, 5) is 0.0307. The maximum absolute atomic E-state index is 11.9. The van der Waals surface area contributed by atoms with Crippen LogP contribution in [-0.2, 0) is 10.0 Å². The summed E-state index contributed by atoms with van der Waals surface area (Å²) in [7, 11) is -3.60. The molecule has 0 bridgehead atoms. The summed E-state index contributed by atoms with van der Waals surface area (Å²) in [6.07, 6.45) is 0.700. The van der Waals surface area contributed by atoms with Crippen LogP contribution in [0.3, 0.4) is 0 Å². The predicted octanol–water partition coefficient (Wildman–Crippen LogP) is 0.368. The minimum Gasteiger partial charge on any atom is -0.506 e. The van der Waals surface area contributed by atoms with E-state index in [-0.39, 0.29) is 22.9 Å². The Morgan fingerprint density at radius 3 is 2.68 bits per heavy atom. The molecule has 108 valence electrons. The van der Waals surface area contributed by atoms with Crippen LogP contribution in [0.4, 0.5) is 5.69 Å². The number of anilines is 1. The summed E-state index contributed by atoms with van der Waals surface area (Å²) in [5.41, 5.74) is 5.48. The number of sulfonamides is 1. The van der Waals surface area contributed by atoms with Crippen molar-refractivity contribution in [2.75, 3.05) is 30.4 Å². The first kappa shape index (κ1) is 16.1. The Kier molecular flexibility index (Phi) is 6.43. The first-order valence-corrected chi connectivity index (χ1v) is 8.38. The molecule has 0 aliphatic carbocycles. The minimum atomic E-state index is -3.60. The normalized spacial score (nSPS) is 11.6. The second-order valence-corrected chi connectivity index (χ2v) is 6.80. The zero-order valence-corrected chi connectivity index (χ0v) is 12.0. The third kappa shape index (κ3) is 5.27. The Hall–Kier alpha value is -0.960. The molecule has 0 aliphatic rings. The van der Waals surface area contributed by atoms with Gasteiger partial charge in [0, 0.05) is 18.9 Å². The van der Waals surface area contributed by atoms with Crippen molar-refractivity contribution in [3.63, 3.8) is 0 Å². The summed E-state index contributed by atoms with van der Waals surface area (Å²) >= 11 is 1.57. The molecule has 0 spiro atoms. The number of aliphatic hydroxyl groups is 1. The van der Waals surface area contributed by atoms with Gasteiger partial charge in [-0.3, -0.25) is 0 Å². The fourth-order valence-electron chi connectivity index (χ4n) is 1.30. The second kappa shape index (κ2) is 7.59. The van der Waals surface area contributed by atoms with Gasteiger partial charge in [-0.1, -0.05) is 0 Å². The van der Waals surface area contributed by atoms with Crippen LogP contribution in [0.1, 0.15) is 6.42 Å². The number of rotatable bonds is 8. The van der Waals surface area contributed by atoms with E-state index < -0.39 is 10.0 Å². The van der Waals surface area contributed by atoms with Gasteiger partial charge in [-0.2, -0.15) is 11.8 Å². The third-order valence-corrected chi connectivity index (χ3v) is 4.82. The van der Waals surface area contributed by atoms with Gasteiger partial charge in [0.05, 0.1) is 10.6 Å². The zero-order valence-electron chi connectivity index (χ0n) is 10.4. The first-order chi connectivity index (χ1) is 8.97. The number of benzene rings is 1. The van der Waals surface area contributed by atoms with Crippen LogP contribution < -0.4 is 10.5 Å². The van der Waals surface area contributed by atoms with Crippen molar-refractivity contribution >= 4 is 27.5 Å². The lowest BCUT2D eigenvalue weighted by molar-refractivity contribution is 0.296. The van der Waals surface area contributed by atoms with Crippen LogP contribution >= 0.6 is 11.8 Å². The first-order valence-electron chi connectivity index (χ1n) is 5.74. The van der Waals surface area contributed by atoms with E-state index in [1.165, 1.54) is 18.2 Å². The third-order valence-electron chi connectivity index (χ3n) is 2.29. The Morgan fingerprint density at radius 1 is 1.32 bits per heavy atom. The number of thioether (sulfide) groups is 1. The number of phenols is 1. The van der Waals surface area contributed by atoms with Crippen molar-refractivity contribution in [1.82, 2.24) is 4.72 Å². The molecule has 6 nitrogen and oxygen atoms in total. The Bertz CT molecular complexity index is 505. The molecule has 0 fully saturated rings. The number of nitrogens with two attached hydrogens (primary N) is 1. The average Bonchev–Trinajstić information content (AvgIpc) is 2.36. The Labute approximate surface area is 117 Å². The van der Waals surface area contributed by atoms with Crippen LogP contribution in [0.15, 0.2) is 23.1 Å². The fourth-order valence-corrected chi connectivity index (χ4v) is 3.28. The second-order valence-electron chi connectivity index (χ2n) is 3.81. The topological polar surface area (TPSA) is 113 Å². The van der Waals surface area contributed by atoms with Gasteiger partial charge >= 0.3 is 0 Å². The van der Waals surface area contributed by atoms with Gasteiger partial charge in [0.2, 0.25) is 10.0 Å². The molecule has 0 saturated carbocycles. The molecule has 8 heteroatoms. The van der Waals surface area contributed by atoms with Crippen molar-refractivity contribution in [2.24, 2.45) is 0 Å². The van der Waals surface area contributed by atoms with Gasteiger partial charge in [-0.25, -0.2) is 13.1 Å². The molecule has 1 aromatic carbocycles. The molecule has 5 N–H and O–H groups in total. The highest BCUT2D eigenvalue weighted by molar-refractivity contribution is 7.99. The van der Waals surface area contributed by atoms with Crippen molar-refractivity contribution in [2.45, 2.75) is 11.3 Å². The van der Waals surface area contributed by atoms with Gasteiger partial charge < -0.3 is 15.9 Å². The van der Waals surface area contributed by atoms with E-state index in [1.54, 1.807) is 11.8 Å². The Morgan fingerprint density at radius 2 is 2.05 bits per heavy atom. The van der Waals surface area contributed by atoms with Gasteiger partial charge in [-0.05, 0) is 30.4 Å². The van der Waals surface area contributed by atoms with Crippen LogP contribution in [0.5, 0.6) is 5.75 Å². The lowest BCUT2D eigenvalue weighted by atomic mass is 10.3. The molecule has 0 unspecified atom stereocenters. The number of nitrogens with one attached hydrogen (secondary N) is 1. The van der Waals surface area contributed by atoms with Crippen molar-refractivity contribution < 1.29 is 18.6 Å². The molecule has 0 amide bonds. The van der Waals surface area contributed by atoms with E-state index in [0.29, 0.717) is 18.7 Å². The summed E-state index contributed by atoms with van der Waals surface area (Å²) in [5.74, 6) is 1.29. The monoisotopic (exact) mass is 306 g/mol. The maximum Gasteiger partial charge on any atom is 0.240 e. The standard InChI is InChI=1S/C11H18N2O4S2/c12-10-8-9(2-3-11(10)15)19(16,17)13-4-7-18-6-1-5-14/h2-3,8,13-15H,1,4-7,12H2. The van der Waals surface area contributed by atoms with Crippen LogP contribution in [0, 0.1) is 0 Å². The number of hydrogen-bond donors (Lipinski definition) is 4. The molecule has 0 saturated heterocycles. The van der Waals surface area contributed by atoms with Crippen LogP contribution in [-0.4, -0.2) is 43.3 Å². The molecule has 0 radical (unpaired) electrons. The molecule has 0 aliphatic heterocycles. The lowest BCUT2D eigenvalue weighted by Crippen LogP contribution is -2.26. The number of phenolic OH excluding ortho intramolecular Hbond substituents is 1.